The third-order valence-corrected chi connectivity index (χ3v) is 5.39. The van der Waals surface area contributed by atoms with E-state index in [1.54, 1.807) is 18.2 Å². The largest absolute Gasteiger partial charge is 0.494 e. The lowest BCUT2D eigenvalue weighted by atomic mass is 10.1. The number of likely N-dealkylation sites (N-methyl/N-ethyl adjacent to an activating group) is 1. The molecule has 5 nitrogen and oxygen atoms in total. The third kappa shape index (κ3) is 5.29. The van der Waals surface area contributed by atoms with Gasteiger partial charge in [0.25, 0.3) is 0 Å². The summed E-state index contributed by atoms with van der Waals surface area (Å²) in [5.74, 6) is 0.809. The zero-order valence-corrected chi connectivity index (χ0v) is 16.0. The van der Waals surface area contributed by atoms with Gasteiger partial charge < -0.3 is 9.64 Å². The van der Waals surface area contributed by atoms with E-state index in [1.165, 1.54) is 0 Å². The van der Waals surface area contributed by atoms with Crippen LogP contribution in [0.5, 0.6) is 5.75 Å². The maximum Gasteiger partial charge on any atom is 0.240 e. The van der Waals surface area contributed by atoms with E-state index in [9.17, 15) is 8.42 Å². The van der Waals surface area contributed by atoms with Crippen molar-refractivity contribution in [2.75, 3.05) is 27.2 Å². The summed E-state index contributed by atoms with van der Waals surface area (Å²) in [6.07, 6.45) is 0. The van der Waals surface area contributed by atoms with Crippen LogP contribution < -0.4 is 9.46 Å². The smallest absolute Gasteiger partial charge is 0.240 e. The molecule has 0 bridgehead atoms. The maximum atomic E-state index is 12.5. The highest BCUT2D eigenvalue weighted by Crippen LogP contribution is 2.22. The van der Waals surface area contributed by atoms with Crippen LogP contribution in [0.1, 0.15) is 24.1 Å². The number of hydrogen-bond donors (Lipinski definition) is 1. The van der Waals surface area contributed by atoms with E-state index in [1.807, 2.05) is 63.2 Å². The van der Waals surface area contributed by atoms with Gasteiger partial charge in [0.1, 0.15) is 5.75 Å². The van der Waals surface area contributed by atoms with E-state index in [0.717, 1.165) is 16.9 Å². The highest BCUT2D eigenvalue weighted by Gasteiger charge is 2.19. The molecular weight excluding hydrogens is 336 g/mol. The van der Waals surface area contributed by atoms with Gasteiger partial charge in [-0.1, -0.05) is 24.3 Å². The van der Waals surface area contributed by atoms with Crippen molar-refractivity contribution < 1.29 is 13.2 Å². The first kappa shape index (κ1) is 19.4. The Bertz CT molecular complexity index is 787. The zero-order valence-electron chi connectivity index (χ0n) is 15.2. The summed E-state index contributed by atoms with van der Waals surface area (Å²) in [4.78, 5) is 2.28. The van der Waals surface area contributed by atoms with Crippen molar-refractivity contribution in [1.29, 1.82) is 0 Å². The van der Waals surface area contributed by atoms with Crippen LogP contribution in [0.3, 0.4) is 0 Å². The number of rotatable bonds is 8. The molecule has 0 aliphatic rings. The summed E-state index contributed by atoms with van der Waals surface area (Å²) >= 11 is 0. The average Bonchev–Trinajstić information content (AvgIpc) is 2.56. The molecule has 0 saturated heterocycles. The molecule has 1 atom stereocenters. The number of sulfonamides is 1. The Morgan fingerprint density at radius 3 is 2.36 bits per heavy atom. The standard InChI is InChI=1S/C19H26N2O3S/c1-5-24-17-11-9-16(10-12-17)19(21(3)4)14-20-25(22,23)18-8-6-7-15(2)13-18/h6-13,19-20H,5,14H2,1-4H3. The van der Waals surface area contributed by atoms with Crippen molar-refractivity contribution >= 4 is 10.0 Å². The molecule has 0 aliphatic carbocycles. The molecule has 2 rings (SSSR count). The molecule has 136 valence electrons. The monoisotopic (exact) mass is 362 g/mol. The molecule has 2 aromatic carbocycles. The average molecular weight is 362 g/mol. The van der Waals surface area contributed by atoms with E-state index < -0.39 is 10.0 Å². The molecule has 0 aliphatic heterocycles. The molecule has 0 spiro atoms. The first-order valence-electron chi connectivity index (χ1n) is 8.29. The Balaban J connectivity index is 2.14. The first-order chi connectivity index (χ1) is 11.8. The van der Waals surface area contributed by atoms with Crippen LogP contribution in [0.25, 0.3) is 0 Å². The summed E-state index contributed by atoms with van der Waals surface area (Å²) in [7, 11) is 0.328. The van der Waals surface area contributed by atoms with Gasteiger partial charge in [-0.25, -0.2) is 13.1 Å². The minimum Gasteiger partial charge on any atom is -0.494 e. The highest BCUT2D eigenvalue weighted by atomic mass is 32.2. The van der Waals surface area contributed by atoms with Crippen molar-refractivity contribution in [3.05, 3.63) is 59.7 Å². The fourth-order valence-electron chi connectivity index (χ4n) is 2.61. The molecule has 6 heteroatoms. The Hall–Kier alpha value is -1.89. The maximum absolute atomic E-state index is 12.5. The SMILES string of the molecule is CCOc1ccc(C(CNS(=O)(=O)c2cccc(C)c2)N(C)C)cc1. The molecule has 1 N–H and O–H groups in total. The van der Waals surface area contributed by atoms with Gasteiger partial charge in [0.2, 0.25) is 10.0 Å². The van der Waals surface area contributed by atoms with Crippen molar-refractivity contribution in [3.63, 3.8) is 0 Å². The van der Waals surface area contributed by atoms with Gasteiger partial charge in [0, 0.05) is 12.6 Å². The minimum atomic E-state index is -3.54. The van der Waals surface area contributed by atoms with E-state index >= 15 is 0 Å². The van der Waals surface area contributed by atoms with Crippen LogP contribution in [0.2, 0.25) is 0 Å². The fourth-order valence-corrected chi connectivity index (χ4v) is 3.75. The number of aryl methyl sites for hydroxylation is 1. The molecule has 0 amide bonds. The van der Waals surface area contributed by atoms with Gasteiger partial charge in [-0.2, -0.15) is 0 Å². The van der Waals surface area contributed by atoms with E-state index in [2.05, 4.69) is 4.72 Å². The molecular formula is C19H26N2O3S. The molecule has 0 radical (unpaired) electrons. The lowest BCUT2D eigenvalue weighted by Gasteiger charge is -2.25. The summed E-state index contributed by atoms with van der Waals surface area (Å²) in [5.41, 5.74) is 1.94. The first-order valence-corrected chi connectivity index (χ1v) is 9.77. The number of nitrogens with one attached hydrogen (secondary N) is 1. The van der Waals surface area contributed by atoms with E-state index in [4.69, 9.17) is 4.74 Å². The van der Waals surface area contributed by atoms with E-state index in [-0.39, 0.29) is 17.5 Å². The lowest BCUT2D eigenvalue weighted by molar-refractivity contribution is 0.298. The summed E-state index contributed by atoms with van der Waals surface area (Å²) in [6.45, 7) is 4.72. The quantitative estimate of drug-likeness (QED) is 0.784. The van der Waals surface area contributed by atoms with Crippen LogP contribution in [0.15, 0.2) is 53.4 Å². The van der Waals surface area contributed by atoms with Gasteiger partial charge >= 0.3 is 0 Å². The zero-order chi connectivity index (χ0) is 18.4. The number of nitrogens with zero attached hydrogens (tertiary/aromatic N) is 1. The van der Waals surface area contributed by atoms with Gasteiger partial charge in [0.05, 0.1) is 11.5 Å². The summed E-state index contributed by atoms with van der Waals surface area (Å²) in [5, 5.41) is 0. The van der Waals surface area contributed by atoms with Gasteiger partial charge in [-0.05, 0) is 63.3 Å². The molecule has 2 aromatic rings. The Labute approximate surface area is 150 Å². The number of benzene rings is 2. The Kier molecular flexibility index (Phi) is 6.58. The van der Waals surface area contributed by atoms with E-state index in [0.29, 0.717) is 6.61 Å². The molecule has 1 unspecified atom stereocenters. The molecule has 25 heavy (non-hydrogen) atoms. The molecule has 0 fully saturated rings. The number of ether oxygens (including phenoxy) is 1. The van der Waals surface area contributed by atoms with Crippen LogP contribution in [0, 0.1) is 6.92 Å². The second-order valence-corrected chi connectivity index (χ2v) is 7.92. The summed E-state index contributed by atoms with van der Waals surface area (Å²) < 4.78 is 33.2. The van der Waals surface area contributed by atoms with Crippen molar-refractivity contribution in [2.45, 2.75) is 24.8 Å². The van der Waals surface area contributed by atoms with Gasteiger partial charge in [-0.3, -0.25) is 0 Å². The second-order valence-electron chi connectivity index (χ2n) is 6.15. The Morgan fingerprint density at radius 2 is 1.80 bits per heavy atom. The highest BCUT2D eigenvalue weighted by molar-refractivity contribution is 7.89. The van der Waals surface area contributed by atoms with Gasteiger partial charge in [0.15, 0.2) is 0 Å². The molecule has 0 aromatic heterocycles. The predicted molar refractivity (Wildman–Crippen MR) is 100 cm³/mol. The topological polar surface area (TPSA) is 58.6 Å². The lowest BCUT2D eigenvalue weighted by Crippen LogP contribution is -2.34. The second kappa shape index (κ2) is 8.47. The molecule has 0 saturated carbocycles. The van der Waals surface area contributed by atoms with Gasteiger partial charge in [-0.15, -0.1) is 0 Å². The van der Waals surface area contributed by atoms with Crippen LogP contribution >= 0.6 is 0 Å². The Morgan fingerprint density at radius 1 is 1.12 bits per heavy atom. The van der Waals surface area contributed by atoms with Crippen LogP contribution in [-0.2, 0) is 10.0 Å². The minimum absolute atomic E-state index is 0.0738. The van der Waals surface area contributed by atoms with Crippen molar-refractivity contribution in [1.82, 2.24) is 9.62 Å². The van der Waals surface area contributed by atoms with Crippen molar-refractivity contribution in [2.24, 2.45) is 0 Å². The normalized spacial score (nSPS) is 13.0. The van der Waals surface area contributed by atoms with Crippen molar-refractivity contribution in [3.8, 4) is 5.75 Å². The predicted octanol–water partition coefficient (Wildman–Crippen LogP) is 2.97. The van der Waals surface area contributed by atoms with Crippen LogP contribution in [0.4, 0.5) is 0 Å². The number of hydrogen-bond acceptors (Lipinski definition) is 4. The molecule has 0 heterocycles. The van der Waals surface area contributed by atoms with Crippen LogP contribution in [-0.4, -0.2) is 40.6 Å². The fraction of sp³-hybridized carbons (Fsp3) is 0.368. The third-order valence-electron chi connectivity index (χ3n) is 3.97. The summed E-state index contributed by atoms with van der Waals surface area (Å²) in [6, 6.07) is 14.6.